The number of aromatic nitrogens is 3. The van der Waals surface area contributed by atoms with Crippen molar-refractivity contribution in [2.75, 3.05) is 39.4 Å². The minimum atomic E-state index is -0.165. The molecule has 2 aromatic rings. The summed E-state index contributed by atoms with van der Waals surface area (Å²) in [7, 11) is 2.08. The molecule has 0 saturated carbocycles. The Kier molecular flexibility index (Phi) is 5.80. The lowest BCUT2D eigenvalue weighted by molar-refractivity contribution is 0.0326. The second-order valence-corrected chi connectivity index (χ2v) is 7.63. The molecule has 2 saturated heterocycles. The van der Waals surface area contributed by atoms with Crippen LogP contribution in [0.5, 0.6) is 0 Å². The smallest absolute Gasteiger partial charge is 0.146 e. The first kappa shape index (κ1) is 18.5. The van der Waals surface area contributed by atoms with Gasteiger partial charge >= 0.3 is 0 Å². The largest absolute Gasteiger partial charge is 0.379 e. The van der Waals surface area contributed by atoms with Crippen LogP contribution in [-0.2, 0) is 24.9 Å². The zero-order valence-corrected chi connectivity index (χ0v) is 16.0. The van der Waals surface area contributed by atoms with Crippen LogP contribution >= 0.6 is 0 Å². The van der Waals surface area contributed by atoms with Crippen molar-refractivity contribution in [1.29, 1.82) is 0 Å². The Morgan fingerprint density at radius 3 is 2.78 bits per heavy atom. The van der Waals surface area contributed by atoms with E-state index in [-0.39, 0.29) is 5.82 Å². The quantitative estimate of drug-likeness (QED) is 0.804. The molecule has 0 N–H and O–H groups in total. The van der Waals surface area contributed by atoms with Crippen molar-refractivity contribution in [2.24, 2.45) is 7.05 Å². The summed E-state index contributed by atoms with van der Waals surface area (Å²) in [5, 5.41) is 9.00. The van der Waals surface area contributed by atoms with E-state index in [9.17, 15) is 4.39 Å². The Labute approximate surface area is 159 Å². The Morgan fingerprint density at radius 1 is 1.11 bits per heavy atom. The third-order valence-corrected chi connectivity index (χ3v) is 5.63. The van der Waals surface area contributed by atoms with E-state index in [2.05, 4.69) is 31.6 Å². The zero-order chi connectivity index (χ0) is 18.6. The van der Waals surface area contributed by atoms with Gasteiger partial charge in [0.2, 0.25) is 0 Å². The number of halogens is 1. The van der Waals surface area contributed by atoms with E-state index in [0.717, 1.165) is 82.5 Å². The molecule has 1 aromatic carbocycles. The maximum absolute atomic E-state index is 13.5. The first-order valence-corrected chi connectivity index (χ1v) is 9.84. The average molecular weight is 373 g/mol. The van der Waals surface area contributed by atoms with Gasteiger partial charge < -0.3 is 9.30 Å². The summed E-state index contributed by atoms with van der Waals surface area (Å²) < 4.78 is 21.1. The first-order chi connectivity index (χ1) is 13.2. The topological polar surface area (TPSA) is 46.4 Å². The van der Waals surface area contributed by atoms with Crippen LogP contribution in [0.25, 0.3) is 0 Å². The molecule has 2 fully saturated rings. The lowest BCUT2D eigenvalue weighted by Crippen LogP contribution is -2.36. The summed E-state index contributed by atoms with van der Waals surface area (Å²) in [5.41, 5.74) is 1.03. The van der Waals surface area contributed by atoms with Crippen LogP contribution in [0.15, 0.2) is 24.3 Å². The number of hydrogen-bond donors (Lipinski definition) is 0. The van der Waals surface area contributed by atoms with E-state index in [1.807, 2.05) is 6.07 Å². The fourth-order valence-corrected chi connectivity index (χ4v) is 4.13. The van der Waals surface area contributed by atoms with Gasteiger partial charge in [-0.25, -0.2) is 4.39 Å². The first-order valence-electron chi connectivity index (χ1n) is 9.84. The number of nitrogens with zero attached hydrogens (tertiary/aromatic N) is 5. The van der Waals surface area contributed by atoms with Gasteiger partial charge in [0.05, 0.1) is 19.8 Å². The molecule has 0 spiro atoms. The highest BCUT2D eigenvalue weighted by atomic mass is 19.1. The van der Waals surface area contributed by atoms with Gasteiger partial charge in [-0.15, -0.1) is 10.2 Å². The molecular weight excluding hydrogens is 345 g/mol. The number of piperidine rings is 1. The second kappa shape index (κ2) is 8.46. The molecule has 27 heavy (non-hydrogen) atoms. The summed E-state index contributed by atoms with van der Waals surface area (Å²) in [5.74, 6) is 2.31. The van der Waals surface area contributed by atoms with Crippen molar-refractivity contribution in [3.8, 4) is 0 Å². The number of ether oxygens (including phenoxy) is 1. The van der Waals surface area contributed by atoms with Crippen LogP contribution in [0.1, 0.15) is 36.0 Å². The third-order valence-electron chi connectivity index (χ3n) is 5.63. The lowest BCUT2D eigenvalue weighted by Gasteiger charge is -2.32. The molecule has 0 bridgehead atoms. The van der Waals surface area contributed by atoms with Crippen molar-refractivity contribution in [2.45, 2.75) is 31.8 Å². The van der Waals surface area contributed by atoms with E-state index in [1.165, 1.54) is 6.07 Å². The molecule has 2 aliphatic rings. The SMILES string of the molecule is Cn1c(CN2CCOCC2)nnc1[C@H]1CCCN(Cc2cccc(F)c2)C1. The van der Waals surface area contributed by atoms with Crippen molar-refractivity contribution >= 4 is 0 Å². The minimum absolute atomic E-state index is 0.165. The van der Waals surface area contributed by atoms with Crippen LogP contribution in [-0.4, -0.2) is 64.0 Å². The van der Waals surface area contributed by atoms with Gasteiger partial charge in [0.25, 0.3) is 0 Å². The van der Waals surface area contributed by atoms with Crippen LogP contribution < -0.4 is 0 Å². The lowest BCUT2D eigenvalue weighted by atomic mass is 9.96. The molecule has 7 heteroatoms. The Morgan fingerprint density at radius 2 is 1.96 bits per heavy atom. The fourth-order valence-electron chi connectivity index (χ4n) is 4.13. The highest BCUT2D eigenvalue weighted by molar-refractivity contribution is 5.16. The van der Waals surface area contributed by atoms with Gasteiger partial charge in [-0.2, -0.15) is 0 Å². The van der Waals surface area contributed by atoms with E-state index in [1.54, 1.807) is 12.1 Å². The Hall–Kier alpha value is -1.83. The van der Waals surface area contributed by atoms with Crippen molar-refractivity contribution in [3.63, 3.8) is 0 Å². The number of likely N-dealkylation sites (tertiary alicyclic amines) is 1. The van der Waals surface area contributed by atoms with E-state index >= 15 is 0 Å². The monoisotopic (exact) mass is 373 g/mol. The van der Waals surface area contributed by atoms with E-state index in [4.69, 9.17) is 4.74 Å². The Bertz CT molecular complexity index is 759. The van der Waals surface area contributed by atoms with Crippen molar-refractivity contribution in [1.82, 2.24) is 24.6 Å². The van der Waals surface area contributed by atoms with Crippen LogP contribution in [0.4, 0.5) is 4.39 Å². The molecule has 3 heterocycles. The predicted molar refractivity (Wildman–Crippen MR) is 101 cm³/mol. The van der Waals surface area contributed by atoms with Crippen LogP contribution in [0, 0.1) is 5.82 Å². The Balaban J connectivity index is 1.40. The summed E-state index contributed by atoms with van der Waals surface area (Å²) in [4.78, 5) is 4.77. The molecule has 1 atom stereocenters. The number of benzene rings is 1. The van der Waals surface area contributed by atoms with E-state index < -0.39 is 0 Å². The molecule has 2 aliphatic heterocycles. The standard InChI is InChI=1S/C20H28FN5O/c1-24-19(15-25-8-10-27-11-9-25)22-23-20(24)17-5-3-7-26(14-17)13-16-4-2-6-18(21)12-16/h2,4,6,12,17H,3,5,7-11,13-15H2,1H3/t17-/m0/s1. The summed E-state index contributed by atoms with van der Waals surface area (Å²) in [6.07, 6.45) is 2.26. The molecule has 0 unspecified atom stereocenters. The average Bonchev–Trinajstić information content (AvgIpc) is 3.03. The highest BCUT2D eigenvalue weighted by Gasteiger charge is 2.26. The number of morpholine rings is 1. The molecule has 0 aliphatic carbocycles. The maximum atomic E-state index is 13.5. The van der Waals surface area contributed by atoms with Gasteiger partial charge in [-0.1, -0.05) is 12.1 Å². The highest BCUT2D eigenvalue weighted by Crippen LogP contribution is 2.27. The normalized spacial score (nSPS) is 22.2. The molecule has 146 valence electrons. The zero-order valence-electron chi connectivity index (χ0n) is 16.0. The summed E-state index contributed by atoms with van der Waals surface area (Å²) in [6, 6.07) is 6.91. The van der Waals surface area contributed by atoms with Crippen LogP contribution in [0.2, 0.25) is 0 Å². The molecule has 4 rings (SSSR count). The van der Waals surface area contributed by atoms with Gasteiger partial charge in [0.1, 0.15) is 17.5 Å². The second-order valence-electron chi connectivity index (χ2n) is 7.63. The third kappa shape index (κ3) is 4.54. The van der Waals surface area contributed by atoms with Crippen LogP contribution in [0.3, 0.4) is 0 Å². The number of hydrogen-bond acceptors (Lipinski definition) is 5. The molecule has 6 nitrogen and oxygen atoms in total. The summed E-state index contributed by atoms with van der Waals surface area (Å²) in [6.45, 7) is 7.09. The molecule has 1 aromatic heterocycles. The van der Waals surface area contributed by atoms with Crippen molar-refractivity contribution < 1.29 is 9.13 Å². The van der Waals surface area contributed by atoms with Gasteiger partial charge in [0, 0.05) is 39.1 Å². The van der Waals surface area contributed by atoms with Gasteiger partial charge in [-0.05, 0) is 37.1 Å². The van der Waals surface area contributed by atoms with Gasteiger partial charge in [-0.3, -0.25) is 9.80 Å². The maximum Gasteiger partial charge on any atom is 0.146 e. The predicted octanol–water partition coefficient (Wildman–Crippen LogP) is 2.17. The number of rotatable bonds is 5. The molecular formula is C20H28FN5O. The molecule has 0 amide bonds. The summed E-state index contributed by atoms with van der Waals surface area (Å²) >= 11 is 0. The van der Waals surface area contributed by atoms with Gasteiger partial charge in [0.15, 0.2) is 0 Å². The minimum Gasteiger partial charge on any atom is -0.379 e. The fraction of sp³-hybridized carbons (Fsp3) is 0.600. The van der Waals surface area contributed by atoms with E-state index in [0.29, 0.717) is 5.92 Å². The molecule has 0 radical (unpaired) electrons. The van der Waals surface area contributed by atoms with Crippen molar-refractivity contribution in [3.05, 3.63) is 47.3 Å².